The number of esters is 1. The van der Waals surface area contributed by atoms with E-state index in [1.54, 1.807) is 19.2 Å². The second-order valence-electron chi connectivity index (χ2n) is 5.13. The van der Waals surface area contributed by atoms with Crippen molar-refractivity contribution in [3.63, 3.8) is 0 Å². The number of carbonyl (C=O) groups excluding carboxylic acids is 1. The smallest absolute Gasteiger partial charge is 0.349 e. The zero-order valence-electron chi connectivity index (χ0n) is 12.7. The first-order valence-electron chi connectivity index (χ1n) is 7.24. The number of aromatic nitrogens is 1. The molecule has 0 spiro atoms. The molecule has 24 heavy (non-hydrogen) atoms. The fraction of sp³-hybridized carbons (Fsp3) is 0.111. The summed E-state index contributed by atoms with van der Waals surface area (Å²) in [6.07, 6.45) is -0.553. The van der Waals surface area contributed by atoms with Crippen LogP contribution in [0.3, 0.4) is 0 Å². The highest BCUT2D eigenvalue weighted by Crippen LogP contribution is 2.33. The van der Waals surface area contributed by atoms with Crippen molar-refractivity contribution >= 4 is 22.4 Å². The molecule has 5 nitrogen and oxygen atoms in total. The van der Waals surface area contributed by atoms with E-state index in [0.29, 0.717) is 10.7 Å². The van der Waals surface area contributed by atoms with E-state index in [1.165, 1.54) is 11.3 Å². The average Bonchev–Trinajstić information content (AvgIpc) is 3.21. The first-order chi connectivity index (χ1) is 11.7. The van der Waals surface area contributed by atoms with Crippen LogP contribution < -0.4 is 10.1 Å². The minimum Gasteiger partial charge on any atom is -0.497 e. The first kappa shape index (κ1) is 14.5. The Morgan fingerprint density at radius 1 is 1.38 bits per heavy atom. The molecule has 2 aromatic carbocycles. The third kappa shape index (κ3) is 2.55. The third-order valence-electron chi connectivity index (χ3n) is 3.67. The second-order valence-corrected chi connectivity index (χ2v) is 5.99. The maximum atomic E-state index is 11.8. The van der Waals surface area contributed by atoms with Crippen LogP contribution in [0.25, 0.3) is 11.3 Å². The molecule has 0 radical (unpaired) electrons. The largest absolute Gasteiger partial charge is 0.497 e. The fourth-order valence-corrected chi connectivity index (χ4v) is 3.23. The Morgan fingerprint density at radius 3 is 3.17 bits per heavy atom. The molecule has 0 saturated heterocycles. The molecule has 1 aliphatic heterocycles. The number of ether oxygens (including phenoxy) is 2. The van der Waals surface area contributed by atoms with E-state index in [2.05, 4.69) is 22.4 Å². The van der Waals surface area contributed by atoms with E-state index in [9.17, 15) is 4.79 Å². The van der Waals surface area contributed by atoms with Crippen molar-refractivity contribution in [1.82, 2.24) is 4.98 Å². The van der Waals surface area contributed by atoms with Crippen molar-refractivity contribution in [2.45, 2.75) is 6.23 Å². The number of cyclic esters (lactones) is 1. The SMILES string of the molecule is COc1cccc(-c2csc(N[C@@H]3OC(=O)c4c#cccc43)n2)c1. The molecular formula is C18H12N2O3S. The van der Waals surface area contributed by atoms with Gasteiger partial charge in [-0.25, -0.2) is 9.78 Å². The summed E-state index contributed by atoms with van der Waals surface area (Å²) in [5, 5.41) is 5.76. The molecule has 0 fully saturated rings. The standard InChI is InChI=1S/C18H12N2O3S/c1-22-12-6-4-5-11(9-12)15-10-24-18(19-15)20-16-13-7-2-3-8-14(13)17(21)23-16/h2,4-7,9-10,16H,1H3,(H,19,20)/t16-/m1/s1. The van der Waals surface area contributed by atoms with Gasteiger partial charge in [-0.1, -0.05) is 24.3 Å². The van der Waals surface area contributed by atoms with Crippen LogP contribution in [-0.2, 0) is 4.74 Å². The molecule has 2 heterocycles. The van der Waals surface area contributed by atoms with Crippen molar-refractivity contribution < 1.29 is 14.3 Å². The quantitative estimate of drug-likeness (QED) is 0.736. The average molecular weight is 336 g/mol. The number of rotatable bonds is 4. The van der Waals surface area contributed by atoms with Gasteiger partial charge in [0.05, 0.1) is 12.8 Å². The maximum absolute atomic E-state index is 11.8. The number of nitrogens with zero attached hydrogens (tertiary/aromatic N) is 1. The third-order valence-corrected chi connectivity index (χ3v) is 4.44. The Labute approximate surface area is 142 Å². The number of thiazole rings is 1. The van der Waals surface area contributed by atoms with Crippen LogP contribution in [-0.4, -0.2) is 18.1 Å². The molecule has 3 aromatic rings. The van der Waals surface area contributed by atoms with Gasteiger partial charge in [-0.05, 0) is 24.3 Å². The van der Waals surface area contributed by atoms with E-state index in [1.807, 2.05) is 29.6 Å². The second kappa shape index (κ2) is 5.87. The summed E-state index contributed by atoms with van der Waals surface area (Å²) in [7, 11) is 1.63. The molecule has 0 saturated carbocycles. The predicted octanol–water partition coefficient (Wildman–Crippen LogP) is 3.70. The highest BCUT2D eigenvalue weighted by atomic mass is 32.1. The highest BCUT2D eigenvalue weighted by Gasteiger charge is 2.31. The van der Waals surface area contributed by atoms with Gasteiger partial charge in [0, 0.05) is 16.5 Å². The molecule has 6 heteroatoms. The number of nitrogens with one attached hydrogen (secondary N) is 1. The summed E-state index contributed by atoms with van der Waals surface area (Å²) < 4.78 is 10.6. The molecule has 1 aromatic heterocycles. The minimum absolute atomic E-state index is 0.399. The lowest BCUT2D eigenvalue weighted by atomic mass is 10.1. The predicted molar refractivity (Wildman–Crippen MR) is 90.0 cm³/mol. The number of hydrogen-bond acceptors (Lipinski definition) is 6. The van der Waals surface area contributed by atoms with Crippen LogP contribution in [0.1, 0.15) is 22.1 Å². The van der Waals surface area contributed by atoms with Gasteiger partial charge in [0.2, 0.25) is 6.23 Å². The maximum Gasteiger partial charge on any atom is 0.349 e. The summed E-state index contributed by atoms with van der Waals surface area (Å²) in [4.78, 5) is 16.4. The van der Waals surface area contributed by atoms with Crippen LogP contribution in [0.5, 0.6) is 5.75 Å². The van der Waals surface area contributed by atoms with E-state index >= 15 is 0 Å². The van der Waals surface area contributed by atoms with Gasteiger partial charge in [-0.15, -0.1) is 11.3 Å². The first-order valence-corrected chi connectivity index (χ1v) is 8.12. The molecule has 1 aliphatic rings. The molecule has 4 rings (SSSR count). The van der Waals surface area contributed by atoms with E-state index < -0.39 is 12.2 Å². The van der Waals surface area contributed by atoms with Gasteiger partial charge in [0.15, 0.2) is 5.13 Å². The summed E-state index contributed by atoms with van der Waals surface area (Å²) in [6.45, 7) is 0. The highest BCUT2D eigenvalue weighted by molar-refractivity contribution is 7.14. The fourth-order valence-electron chi connectivity index (χ4n) is 2.49. The molecule has 0 unspecified atom stereocenters. The lowest BCUT2D eigenvalue weighted by molar-refractivity contribution is 0.0437. The Morgan fingerprint density at radius 2 is 2.29 bits per heavy atom. The summed E-state index contributed by atoms with van der Waals surface area (Å²) in [5.74, 6) is 0.379. The Hall–Kier alpha value is -3.04. The summed E-state index contributed by atoms with van der Waals surface area (Å²) in [6, 6.07) is 16.8. The summed E-state index contributed by atoms with van der Waals surface area (Å²) in [5.41, 5.74) is 2.96. The Kier molecular flexibility index (Phi) is 3.56. The van der Waals surface area contributed by atoms with Crippen molar-refractivity contribution in [1.29, 1.82) is 0 Å². The number of anilines is 1. The van der Waals surface area contributed by atoms with Gasteiger partial charge in [-0.3, -0.25) is 0 Å². The normalized spacial score (nSPS) is 15.4. The van der Waals surface area contributed by atoms with Crippen LogP contribution in [0.4, 0.5) is 5.13 Å². The van der Waals surface area contributed by atoms with Gasteiger partial charge < -0.3 is 14.8 Å². The van der Waals surface area contributed by atoms with Crippen LogP contribution in [0, 0.1) is 12.1 Å². The molecule has 0 bridgehead atoms. The van der Waals surface area contributed by atoms with E-state index in [4.69, 9.17) is 9.47 Å². The van der Waals surface area contributed by atoms with Crippen LogP contribution in [0.2, 0.25) is 0 Å². The Balaban J connectivity index is 1.57. The van der Waals surface area contributed by atoms with Crippen molar-refractivity contribution in [2.75, 3.05) is 12.4 Å². The molecule has 118 valence electrons. The number of benzene rings is 1. The lowest BCUT2D eigenvalue weighted by Gasteiger charge is -2.11. The molecule has 0 aliphatic carbocycles. The van der Waals surface area contributed by atoms with Crippen LogP contribution in [0.15, 0.2) is 41.8 Å². The zero-order valence-corrected chi connectivity index (χ0v) is 13.5. The van der Waals surface area contributed by atoms with Gasteiger partial charge in [0.1, 0.15) is 11.3 Å². The molecular weight excluding hydrogens is 324 g/mol. The number of methoxy groups -OCH3 is 1. The Bertz CT molecular complexity index is 907. The van der Waals surface area contributed by atoms with E-state index in [-0.39, 0.29) is 0 Å². The molecule has 1 N–H and O–H groups in total. The zero-order chi connectivity index (χ0) is 16.5. The topological polar surface area (TPSA) is 60.5 Å². The lowest BCUT2D eigenvalue weighted by Crippen LogP contribution is -2.09. The number of hydrogen-bond donors (Lipinski definition) is 1. The van der Waals surface area contributed by atoms with Gasteiger partial charge in [0.25, 0.3) is 0 Å². The van der Waals surface area contributed by atoms with Crippen LogP contribution >= 0.6 is 11.3 Å². The van der Waals surface area contributed by atoms with Gasteiger partial charge >= 0.3 is 5.97 Å². The van der Waals surface area contributed by atoms with E-state index in [0.717, 1.165) is 22.6 Å². The number of fused-ring (bicyclic) bond motifs is 1. The molecule has 1 atom stereocenters. The molecule has 0 amide bonds. The minimum atomic E-state index is -0.553. The summed E-state index contributed by atoms with van der Waals surface area (Å²) >= 11 is 1.45. The monoisotopic (exact) mass is 336 g/mol. The van der Waals surface area contributed by atoms with Crippen molar-refractivity contribution in [2.24, 2.45) is 0 Å². The van der Waals surface area contributed by atoms with Crippen molar-refractivity contribution in [3.05, 3.63) is 65.0 Å². The number of carbonyl (C=O) groups is 1. The van der Waals surface area contributed by atoms with Gasteiger partial charge in [-0.2, -0.15) is 0 Å². The van der Waals surface area contributed by atoms with Crippen molar-refractivity contribution in [3.8, 4) is 17.0 Å².